The summed E-state index contributed by atoms with van der Waals surface area (Å²) >= 11 is 3.30. The molecular formula is C26H57BrN4. The Morgan fingerprint density at radius 2 is 0.935 bits per heavy atom. The van der Waals surface area contributed by atoms with E-state index in [0.29, 0.717) is 0 Å². The SMILES string of the molecule is BrCn1cccc1.CC.CC.CC.CC.CCN(CC)Cn1cccc1.CCNCC. The second kappa shape index (κ2) is 42.9. The zero-order valence-corrected chi connectivity index (χ0v) is 24.7. The fourth-order valence-corrected chi connectivity index (χ4v) is 2.15. The summed E-state index contributed by atoms with van der Waals surface area (Å²) in [5.74, 6) is 0. The van der Waals surface area contributed by atoms with Gasteiger partial charge in [-0.05, 0) is 50.4 Å². The molecule has 2 rings (SSSR count). The van der Waals surface area contributed by atoms with Crippen molar-refractivity contribution in [3.63, 3.8) is 0 Å². The number of nitrogens with zero attached hydrogens (tertiary/aromatic N) is 3. The van der Waals surface area contributed by atoms with Gasteiger partial charge in [-0.3, -0.25) is 4.90 Å². The molecule has 2 aromatic heterocycles. The van der Waals surface area contributed by atoms with Gasteiger partial charge in [0.25, 0.3) is 0 Å². The van der Waals surface area contributed by atoms with Crippen LogP contribution in [0.3, 0.4) is 0 Å². The summed E-state index contributed by atoms with van der Waals surface area (Å²) in [5, 5.41) is 3.11. The first kappa shape index (κ1) is 40.3. The van der Waals surface area contributed by atoms with E-state index in [1.54, 1.807) is 0 Å². The van der Waals surface area contributed by atoms with Crippen molar-refractivity contribution in [1.82, 2.24) is 19.4 Å². The second-order valence-corrected chi connectivity index (χ2v) is 5.42. The molecule has 0 fully saturated rings. The maximum atomic E-state index is 3.30. The molecule has 0 aliphatic rings. The van der Waals surface area contributed by atoms with Crippen LogP contribution in [0.25, 0.3) is 0 Å². The van der Waals surface area contributed by atoms with Gasteiger partial charge >= 0.3 is 0 Å². The highest BCUT2D eigenvalue weighted by Crippen LogP contribution is 1.94. The molecule has 4 nitrogen and oxygen atoms in total. The van der Waals surface area contributed by atoms with E-state index in [2.05, 4.69) is 82.9 Å². The minimum atomic E-state index is 0.889. The minimum absolute atomic E-state index is 0.889. The van der Waals surface area contributed by atoms with Crippen LogP contribution in [0.2, 0.25) is 0 Å². The summed E-state index contributed by atoms with van der Waals surface area (Å²) in [4.78, 5) is 2.38. The summed E-state index contributed by atoms with van der Waals surface area (Å²) < 4.78 is 4.23. The zero-order chi connectivity index (χ0) is 25.3. The van der Waals surface area contributed by atoms with E-state index in [1.165, 1.54) is 0 Å². The van der Waals surface area contributed by atoms with Crippen molar-refractivity contribution in [3.05, 3.63) is 49.1 Å². The molecule has 1 N–H and O–H groups in total. The third kappa shape index (κ3) is 33.8. The Morgan fingerprint density at radius 1 is 0.613 bits per heavy atom. The molecule has 0 unspecified atom stereocenters. The summed E-state index contributed by atoms with van der Waals surface area (Å²) in [6, 6.07) is 8.12. The molecule has 0 aliphatic carbocycles. The third-order valence-corrected chi connectivity index (χ3v) is 3.81. The number of nitrogens with one attached hydrogen (secondary N) is 1. The lowest BCUT2D eigenvalue weighted by atomic mass is 10.5. The van der Waals surface area contributed by atoms with Gasteiger partial charge in [0.2, 0.25) is 0 Å². The Morgan fingerprint density at radius 3 is 1.13 bits per heavy atom. The average molecular weight is 506 g/mol. The van der Waals surface area contributed by atoms with E-state index in [0.717, 1.165) is 38.3 Å². The first-order valence-corrected chi connectivity index (χ1v) is 13.5. The van der Waals surface area contributed by atoms with Crippen LogP contribution >= 0.6 is 15.9 Å². The van der Waals surface area contributed by atoms with Crippen LogP contribution in [0.1, 0.15) is 83.1 Å². The highest BCUT2D eigenvalue weighted by atomic mass is 79.9. The molecule has 2 heterocycles. The number of aromatic nitrogens is 2. The average Bonchev–Trinajstić information content (AvgIpc) is 3.58. The molecule has 2 aromatic rings. The summed E-state index contributed by atoms with van der Waals surface area (Å²) in [7, 11) is 0. The highest BCUT2D eigenvalue weighted by Gasteiger charge is 1.96. The van der Waals surface area contributed by atoms with E-state index in [9.17, 15) is 0 Å². The first-order valence-electron chi connectivity index (χ1n) is 12.4. The standard InChI is InChI=1S/C9H16N2.C5H6BrN.C4H11N.4C2H6/c1-3-10(4-2)9-11-7-5-6-8-11;6-5-7-3-1-2-4-7;1-3-5-4-2;4*1-2/h5-8H,3-4,9H2,1-2H3;1-4H,5H2;5H,3-4H2,1-2H3;4*1-2H3. The predicted octanol–water partition coefficient (Wildman–Crippen LogP) is 8.35. The summed E-state index contributed by atoms with van der Waals surface area (Å²) in [6.07, 6.45) is 8.21. The highest BCUT2D eigenvalue weighted by molar-refractivity contribution is 9.08. The smallest absolute Gasteiger partial charge is 0.0773 e. The molecule has 0 atom stereocenters. The normalized spacial score (nSPS) is 8.06. The van der Waals surface area contributed by atoms with Crippen molar-refractivity contribution < 1.29 is 0 Å². The molecular weight excluding hydrogens is 448 g/mol. The molecule has 0 amide bonds. The van der Waals surface area contributed by atoms with Gasteiger partial charge < -0.3 is 14.5 Å². The number of alkyl halides is 1. The largest absolute Gasteiger partial charge is 0.344 e. The number of hydrogen-bond acceptors (Lipinski definition) is 2. The molecule has 0 radical (unpaired) electrons. The van der Waals surface area contributed by atoms with Gasteiger partial charge in [0, 0.05) is 24.8 Å². The Balaban J connectivity index is -0.0000000982. The predicted molar refractivity (Wildman–Crippen MR) is 150 cm³/mol. The lowest BCUT2D eigenvalue weighted by molar-refractivity contribution is 0.242. The van der Waals surface area contributed by atoms with Crippen LogP contribution in [0.4, 0.5) is 0 Å². The van der Waals surface area contributed by atoms with Crippen molar-refractivity contribution in [3.8, 4) is 0 Å². The van der Waals surface area contributed by atoms with Gasteiger partial charge in [-0.2, -0.15) is 0 Å². The molecule has 5 heteroatoms. The van der Waals surface area contributed by atoms with E-state index in [1.807, 2.05) is 84.5 Å². The van der Waals surface area contributed by atoms with Crippen LogP contribution in [-0.4, -0.2) is 40.2 Å². The minimum Gasteiger partial charge on any atom is -0.344 e. The van der Waals surface area contributed by atoms with E-state index in [-0.39, 0.29) is 0 Å². The topological polar surface area (TPSA) is 25.1 Å². The Bertz CT molecular complexity index is 422. The summed E-state index contributed by atoms with van der Waals surface area (Å²) in [5.41, 5.74) is 0.889. The fraction of sp³-hybridized carbons (Fsp3) is 0.692. The molecule has 0 saturated heterocycles. The Hall–Kier alpha value is -1.04. The lowest BCUT2D eigenvalue weighted by Gasteiger charge is -2.18. The lowest BCUT2D eigenvalue weighted by Crippen LogP contribution is -2.25. The maximum Gasteiger partial charge on any atom is 0.0773 e. The van der Waals surface area contributed by atoms with E-state index < -0.39 is 0 Å². The second-order valence-electron chi connectivity index (χ2n) is 4.92. The van der Waals surface area contributed by atoms with Crippen molar-refractivity contribution in [2.45, 2.75) is 95.2 Å². The molecule has 0 aromatic carbocycles. The van der Waals surface area contributed by atoms with Crippen molar-refractivity contribution in [1.29, 1.82) is 0 Å². The molecule has 188 valence electrons. The van der Waals surface area contributed by atoms with E-state index in [4.69, 9.17) is 0 Å². The van der Waals surface area contributed by atoms with Crippen LogP contribution in [0.5, 0.6) is 0 Å². The van der Waals surface area contributed by atoms with Crippen LogP contribution in [-0.2, 0) is 12.1 Å². The van der Waals surface area contributed by atoms with Crippen LogP contribution < -0.4 is 5.32 Å². The fourth-order valence-electron chi connectivity index (χ4n) is 1.82. The number of hydrogen-bond donors (Lipinski definition) is 1. The number of halogens is 1. The number of rotatable bonds is 7. The Kier molecular flexibility index (Phi) is 55.9. The third-order valence-electron chi connectivity index (χ3n) is 3.23. The van der Waals surface area contributed by atoms with Crippen LogP contribution in [0.15, 0.2) is 49.1 Å². The summed E-state index contributed by atoms with van der Waals surface area (Å²) in [6.45, 7) is 30.0. The molecule has 0 spiro atoms. The van der Waals surface area contributed by atoms with Gasteiger partial charge in [-0.25, -0.2) is 0 Å². The van der Waals surface area contributed by atoms with Gasteiger partial charge in [-0.15, -0.1) is 0 Å². The molecule has 0 bridgehead atoms. The van der Waals surface area contributed by atoms with Crippen molar-refractivity contribution in [2.24, 2.45) is 0 Å². The zero-order valence-electron chi connectivity index (χ0n) is 23.1. The Labute approximate surface area is 205 Å². The molecule has 0 aliphatic heterocycles. The van der Waals surface area contributed by atoms with Gasteiger partial charge in [-0.1, -0.05) is 99.0 Å². The molecule has 0 saturated carbocycles. The van der Waals surface area contributed by atoms with Crippen molar-refractivity contribution >= 4 is 15.9 Å². The van der Waals surface area contributed by atoms with Gasteiger partial charge in [0.05, 0.1) is 12.1 Å². The van der Waals surface area contributed by atoms with E-state index >= 15 is 0 Å². The van der Waals surface area contributed by atoms with Gasteiger partial charge in [0.15, 0.2) is 0 Å². The van der Waals surface area contributed by atoms with Gasteiger partial charge in [0.1, 0.15) is 0 Å². The van der Waals surface area contributed by atoms with Crippen LogP contribution in [0, 0.1) is 0 Å². The molecule has 31 heavy (non-hydrogen) atoms. The maximum absolute atomic E-state index is 3.30. The van der Waals surface area contributed by atoms with Crippen molar-refractivity contribution in [2.75, 3.05) is 26.2 Å². The quantitative estimate of drug-likeness (QED) is 0.383. The first-order chi connectivity index (χ1) is 15.2. The monoisotopic (exact) mass is 504 g/mol.